The first-order valence-electron chi connectivity index (χ1n) is 9.04. The van der Waals surface area contributed by atoms with E-state index < -0.39 is 0 Å². The maximum absolute atomic E-state index is 12.9. The SMILES string of the molecule is O=C1[C@H]2[C@@H]3CC[C@@H](C3)[C@@H]2C(=O)N1c1ccc(Oc2ccccc2Cl)cc1. The van der Waals surface area contributed by atoms with Crippen LogP contribution in [0.2, 0.25) is 5.02 Å². The quantitative estimate of drug-likeness (QED) is 0.741. The van der Waals surface area contributed by atoms with E-state index in [9.17, 15) is 9.59 Å². The molecule has 4 atom stereocenters. The first-order valence-corrected chi connectivity index (χ1v) is 9.41. The van der Waals surface area contributed by atoms with Gasteiger partial charge in [0.05, 0.1) is 22.5 Å². The Balaban J connectivity index is 1.39. The Kier molecular flexibility index (Phi) is 3.57. The van der Waals surface area contributed by atoms with Gasteiger partial charge in [0.25, 0.3) is 0 Å². The molecule has 0 unspecified atom stereocenters. The summed E-state index contributed by atoms with van der Waals surface area (Å²) in [7, 11) is 0. The van der Waals surface area contributed by atoms with Crippen molar-refractivity contribution in [1.29, 1.82) is 0 Å². The summed E-state index contributed by atoms with van der Waals surface area (Å²) in [5.74, 6) is 1.74. The molecule has 0 radical (unpaired) electrons. The van der Waals surface area contributed by atoms with Crippen molar-refractivity contribution in [1.82, 2.24) is 0 Å². The number of hydrogen-bond acceptors (Lipinski definition) is 3. The number of carbonyl (C=O) groups excluding carboxylic acids is 2. The third-order valence-electron chi connectivity index (χ3n) is 6.09. The minimum absolute atomic E-state index is 0.0213. The molecule has 2 aromatic rings. The molecule has 132 valence electrons. The molecule has 4 nitrogen and oxygen atoms in total. The van der Waals surface area contributed by atoms with E-state index in [4.69, 9.17) is 16.3 Å². The summed E-state index contributed by atoms with van der Waals surface area (Å²) >= 11 is 6.11. The van der Waals surface area contributed by atoms with Crippen LogP contribution < -0.4 is 9.64 Å². The van der Waals surface area contributed by atoms with Gasteiger partial charge in [0, 0.05) is 0 Å². The van der Waals surface area contributed by atoms with Gasteiger partial charge in [-0.2, -0.15) is 0 Å². The molecule has 0 spiro atoms. The fourth-order valence-corrected chi connectivity index (χ4v) is 5.16. The van der Waals surface area contributed by atoms with Crippen LogP contribution in [-0.2, 0) is 9.59 Å². The van der Waals surface area contributed by atoms with Crippen LogP contribution in [-0.4, -0.2) is 11.8 Å². The Bertz CT molecular complexity index is 866. The van der Waals surface area contributed by atoms with Crippen LogP contribution in [0.25, 0.3) is 0 Å². The number of fused-ring (bicyclic) bond motifs is 5. The van der Waals surface area contributed by atoms with Gasteiger partial charge < -0.3 is 4.74 Å². The molecule has 2 bridgehead atoms. The standard InChI is InChI=1S/C21H18ClNO3/c22-16-3-1-2-4-17(16)26-15-9-7-14(8-10-15)23-20(24)18-12-5-6-13(11-12)19(18)21(23)25/h1-4,7-10,12-13,18-19H,5-6,11H2/t12-,13+,18-,19-/m0/s1. The maximum Gasteiger partial charge on any atom is 0.237 e. The summed E-state index contributed by atoms with van der Waals surface area (Å²) in [6.07, 6.45) is 3.22. The fourth-order valence-electron chi connectivity index (χ4n) is 4.98. The topological polar surface area (TPSA) is 46.6 Å². The van der Waals surface area contributed by atoms with Crippen molar-refractivity contribution in [2.45, 2.75) is 19.3 Å². The Morgan fingerprint density at radius 1 is 0.885 bits per heavy atom. The molecule has 1 saturated heterocycles. The third kappa shape index (κ3) is 2.28. The number of ether oxygens (including phenoxy) is 1. The van der Waals surface area contributed by atoms with Crippen LogP contribution in [0.4, 0.5) is 5.69 Å². The van der Waals surface area contributed by atoms with Gasteiger partial charge in [-0.25, -0.2) is 0 Å². The second-order valence-electron chi connectivity index (χ2n) is 7.42. The number of benzene rings is 2. The monoisotopic (exact) mass is 367 g/mol. The van der Waals surface area contributed by atoms with E-state index in [0.717, 1.165) is 19.3 Å². The summed E-state index contributed by atoms with van der Waals surface area (Å²) in [5, 5.41) is 0.532. The average Bonchev–Trinajstić information content (AvgIpc) is 3.32. The molecule has 1 aliphatic heterocycles. The van der Waals surface area contributed by atoms with Crippen LogP contribution in [0.3, 0.4) is 0 Å². The van der Waals surface area contributed by atoms with Crippen LogP contribution in [0.1, 0.15) is 19.3 Å². The highest BCUT2D eigenvalue weighted by atomic mass is 35.5. The lowest BCUT2D eigenvalue weighted by atomic mass is 9.81. The predicted molar refractivity (Wildman–Crippen MR) is 98.3 cm³/mol. The number of rotatable bonds is 3. The molecule has 0 aromatic heterocycles. The molecule has 2 amide bonds. The van der Waals surface area contributed by atoms with Crippen LogP contribution >= 0.6 is 11.6 Å². The molecule has 2 aliphatic carbocycles. The van der Waals surface area contributed by atoms with Crippen molar-refractivity contribution in [2.24, 2.45) is 23.7 Å². The van der Waals surface area contributed by atoms with E-state index in [1.54, 1.807) is 36.4 Å². The van der Waals surface area contributed by atoms with Gasteiger partial charge in [-0.1, -0.05) is 23.7 Å². The van der Waals surface area contributed by atoms with Crippen molar-refractivity contribution in [2.75, 3.05) is 4.90 Å². The Hall–Kier alpha value is -2.33. The highest BCUT2D eigenvalue weighted by Gasteiger charge is 2.61. The molecule has 2 saturated carbocycles. The molecule has 3 fully saturated rings. The van der Waals surface area contributed by atoms with E-state index in [1.165, 1.54) is 4.90 Å². The highest BCUT2D eigenvalue weighted by Crippen LogP contribution is 2.56. The number of amides is 2. The largest absolute Gasteiger partial charge is 0.456 e. The zero-order valence-corrected chi connectivity index (χ0v) is 14.9. The smallest absolute Gasteiger partial charge is 0.237 e. The highest BCUT2D eigenvalue weighted by molar-refractivity contribution is 6.32. The van der Waals surface area contributed by atoms with Gasteiger partial charge in [0.15, 0.2) is 0 Å². The summed E-state index contributed by atoms with van der Waals surface area (Å²) in [5.41, 5.74) is 0.625. The molecular weight excluding hydrogens is 350 g/mol. The summed E-state index contributed by atoms with van der Waals surface area (Å²) in [6, 6.07) is 14.3. The van der Waals surface area contributed by atoms with Crippen LogP contribution in [0.15, 0.2) is 48.5 Å². The number of nitrogens with zero attached hydrogens (tertiary/aromatic N) is 1. The van der Waals surface area contributed by atoms with Crippen molar-refractivity contribution in [3.05, 3.63) is 53.6 Å². The maximum atomic E-state index is 12.9. The number of halogens is 1. The van der Waals surface area contributed by atoms with Crippen molar-refractivity contribution < 1.29 is 14.3 Å². The first-order chi connectivity index (χ1) is 12.6. The molecule has 5 heteroatoms. The molecule has 2 aromatic carbocycles. The molecule has 1 heterocycles. The number of hydrogen-bond donors (Lipinski definition) is 0. The Morgan fingerprint density at radius 3 is 2.12 bits per heavy atom. The van der Waals surface area contributed by atoms with E-state index in [2.05, 4.69) is 0 Å². The lowest BCUT2D eigenvalue weighted by Crippen LogP contribution is -2.32. The number of anilines is 1. The normalized spacial score (nSPS) is 29.3. The van der Waals surface area contributed by atoms with Gasteiger partial charge in [-0.05, 0) is 67.5 Å². The average molecular weight is 368 g/mol. The Morgan fingerprint density at radius 2 is 1.50 bits per heavy atom. The first kappa shape index (κ1) is 15.9. The second-order valence-corrected chi connectivity index (χ2v) is 7.83. The zero-order chi connectivity index (χ0) is 17.8. The van der Waals surface area contributed by atoms with E-state index >= 15 is 0 Å². The van der Waals surface area contributed by atoms with Crippen molar-refractivity contribution in [3.8, 4) is 11.5 Å². The zero-order valence-electron chi connectivity index (χ0n) is 14.1. The van der Waals surface area contributed by atoms with E-state index in [0.29, 0.717) is 34.0 Å². The van der Waals surface area contributed by atoms with Gasteiger partial charge in [0.1, 0.15) is 11.5 Å². The number of para-hydroxylation sites is 1. The van der Waals surface area contributed by atoms with E-state index in [1.807, 2.05) is 12.1 Å². The van der Waals surface area contributed by atoms with Gasteiger partial charge in [0.2, 0.25) is 11.8 Å². The van der Waals surface area contributed by atoms with E-state index in [-0.39, 0.29) is 23.7 Å². The molecule has 3 aliphatic rings. The lowest BCUT2D eigenvalue weighted by molar-refractivity contribution is -0.123. The second kappa shape index (κ2) is 5.85. The molecule has 26 heavy (non-hydrogen) atoms. The number of carbonyl (C=O) groups is 2. The molecule has 0 N–H and O–H groups in total. The Labute approximate surface area is 156 Å². The summed E-state index contributed by atoms with van der Waals surface area (Å²) in [6.45, 7) is 0. The van der Waals surface area contributed by atoms with Gasteiger partial charge in [-0.3, -0.25) is 14.5 Å². The van der Waals surface area contributed by atoms with Gasteiger partial charge in [-0.15, -0.1) is 0 Å². The van der Waals surface area contributed by atoms with Crippen molar-refractivity contribution in [3.63, 3.8) is 0 Å². The number of imide groups is 1. The third-order valence-corrected chi connectivity index (χ3v) is 6.40. The minimum atomic E-state index is -0.0969. The summed E-state index contributed by atoms with van der Waals surface area (Å²) < 4.78 is 5.78. The summed E-state index contributed by atoms with van der Waals surface area (Å²) in [4.78, 5) is 27.1. The minimum Gasteiger partial charge on any atom is -0.456 e. The molecular formula is C21H18ClNO3. The predicted octanol–water partition coefficient (Wildman–Crippen LogP) is 4.67. The van der Waals surface area contributed by atoms with Crippen LogP contribution in [0.5, 0.6) is 11.5 Å². The lowest BCUT2D eigenvalue weighted by Gasteiger charge is -2.19. The molecule has 5 rings (SSSR count). The van der Waals surface area contributed by atoms with Crippen molar-refractivity contribution >= 4 is 29.1 Å². The van der Waals surface area contributed by atoms with Gasteiger partial charge >= 0.3 is 0 Å². The fraction of sp³-hybridized carbons (Fsp3) is 0.333. The van der Waals surface area contributed by atoms with Crippen LogP contribution in [0, 0.1) is 23.7 Å².